The van der Waals surface area contributed by atoms with Gasteiger partial charge < -0.3 is 49.6 Å². The number of hydrogen-bond acceptors (Lipinski definition) is 11. The van der Waals surface area contributed by atoms with Gasteiger partial charge in [-0.3, -0.25) is 4.79 Å². The Hall–Kier alpha value is -5.13. The number of benzene rings is 4. The summed E-state index contributed by atoms with van der Waals surface area (Å²) in [5.41, 5.74) is -1.51. The minimum atomic E-state index is -2.19. The molecule has 0 unspecified atom stereocenters. The molecule has 0 aliphatic carbocycles. The number of carbonyl (C=O) groups excluding carboxylic acids is 1. The quantitative estimate of drug-likeness (QED) is 0.212. The molecule has 6 N–H and O–H groups in total. The highest BCUT2D eigenvalue weighted by Gasteiger charge is 2.74. The summed E-state index contributed by atoms with van der Waals surface area (Å²) in [5, 5.41) is 62.9. The topological polar surface area (TPSA) is 175 Å². The number of aliphatic hydroxyl groups excluding tert-OH is 1. The van der Waals surface area contributed by atoms with E-state index < -0.39 is 35.1 Å². The second kappa shape index (κ2) is 8.68. The van der Waals surface area contributed by atoms with Gasteiger partial charge in [0.15, 0.2) is 0 Å². The molecule has 7 rings (SSSR count). The van der Waals surface area contributed by atoms with Gasteiger partial charge in [0.05, 0.1) is 11.7 Å². The molecule has 4 atom stereocenters. The van der Waals surface area contributed by atoms with E-state index in [1.165, 1.54) is 49.6 Å². The molecule has 11 heteroatoms. The fourth-order valence-corrected chi connectivity index (χ4v) is 6.18. The van der Waals surface area contributed by atoms with E-state index in [4.69, 9.17) is 18.9 Å². The molecular formula is C31H24O11. The Morgan fingerprint density at radius 3 is 2.12 bits per heavy atom. The monoisotopic (exact) mass is 572 g/mol. The van der Waals surface area contributed by atoms with Gasteiger partial charge in [-0.25, -0.2) is 0 Å². The van der Waals surface area contributed by atoms with E-state index in [0.29, 0.717) is 5.56 Å². The molecular weight excluding hydrogens is 548 g/mol. The van der Waals surface area contributed by atoms with E-state index in [-0.39, 0.29) is 68.9 Å². The summed E-state index contributed by atoms with van der Waals surface area (Å²) in [6.07, 6.45) is -2.16. The average molecular weight is 573 g/mol. The largest absolute Gasteiger partial charge is 0.508 e. The van der Waals surface area contributed by atoms with Gasteiger partial charge in [0.1, 0.15) is 57.7 Å². The van der Waals surface area contributed by atoms with E-state index in [2.05, 4.69) is 0 Å². The van der Waals surface area contributed by atoms with Crippen molar-refractivity contribution in [2.75, 3.05) is 7.11 Å². The average Bonchev–Trinajstić information content (AvgIpc) is 3.24. The first-order valence-electron chi connectivity index (χ1n) is 13.0. The number of phenolic OH excluding ortho intramolecular Hbond substituents is 5. The molecule has 0 radical (unpaired) electrons. The van der Waals surface area contributed by atoms with Crippen LogP contribution < -0.4 is 14.2 Å². The van der Waals surface area contributed by atoms with Gasteiger partial charge >= 0.3 is 5.79 Å². The predicted octanol–water partition coefficient (Wildman–Crippen LogP) is 3.61. The Morgan fingerprint density at radius 2 is 1.45 bits per heavy atom. The highest BCUT2D eigenvalue weighted by atomic mass is 16.7. The second-order valence-corrected chi connectivity index (χ2v) is 10.4. The van der Waals surface area contributed by atoms with Gasteiger partial charge in [0, 0.05) is 42.9 Å². The van der Waals surface area contributed by atoms with Crippen LogP contribution in [-0.4, -0.2) is 49.6 Å². The first-order chi connectivity index (χ1) is 20.1. The second-order valence-electron chi connectivity index (χ2n) is 10.4. The molecule has 11 nitrogen and oxygen atoms in total. The van der Waals surface area contributed by atoms with Crippen molar-refractivity contribution in [1.29, 1.82) is 0 Å². The van der Waals surface area contributed by atoms with Gasteiger partial charge in [-0.15, -0.1) is 0 Å². The number of Topliss-reactive ketones (excluding diaryl/α,β-unsaturated/α-hetero) is 1. The third kappa shape index (κ3) is 3.25. The molecule has 0 bridgehead atoms. The summed E-state index contributed by atoms with van der Waals surface area (Å²) in [7, 11) is 1.26. The van der Waals surface area contributed by atoms with Gasteiger partial charge in [-0.1, -0.05) is 12.1 Å². The first-order valence-corrected chi connectivity index (χ1v) is 13.0. The molecule has 3 heterocycles. The first kappa shape index (κ1) is 25.8. The van der Waals surface area contributed by atoms with Crippen LogP contribution in [0.1, 0.15) is 38.7 Å². The summed E-state index contributed by atoms with van der Waals surface area (Å²) in [4.78, 5) is 14.6. The predicted molar refractivity (Wildman–Crippen MR) is 143 cm³/mol. The summed E-state index contributed by atoms with van der Waals surface area (Å²) in [6.45, 7) is 0. The molecule has 4 aromatic carbocycles. The van der Waals surface area contributed by atoms with Crippen LogP contribution in [0.3, 0.4) is 0 Å². The van der Waals surface area contributed by atoms with Gasteiger partial charge in [-0.2, -0.15) is 0 Å². The SMILES string of the molecule is CO[C@@]12C(=O)c3c(O)cc(O)cc3O[C@]1(c1ccc(O)cc1)Oc1cc(O)c3c(c12)O[C@@H](c1ccc(O)cc1)[C@H](O)C3. The van der Waals surface area contributed by atoms with Crippen LogP contribution in [0.2, 0.25) is 0 Å². The highest BCUT2D eigenvalue weighted by molar-refractivity contribution is 6.10. The Bertz CT molecular complexity index is 1770. The van der Waals surface area contributed by atoms with E-state index in [1.807, 2.05) is 0 Å². The lowest BCUT2D eigenvalue weighted by Gasteiger charge is -2.45. The number of aliphatic hydroxyl groups is 1. The summed E-state index contributed by atoms with van der Waals surface area (Å²) in [6, 6.07) is 15.1. The van der Waals surface area contributed by atoms with E-state index >= 15 is 0 Å². The number of carbonyl (C=O) groups is 1. The third-order valence-electron chi connectivity index (χ3n) is 8.04. The Kier molecular flexibility index (Phi) is 5.34. The van der Waals surface area contributed by atoms with Crippen LogP contribution in [0.25, 0.3) is 0 Å². The standard InChI is InChI=1S/C31H24O11/c1-39-30-26-24(13-20(35)19-12-22(37)27(40-28(19)26)14-2-6-16(32)7-3-14)42-31(30,15-4-8-17(33)9-5-15)41-23-11-18(34)10-21(36)25(23)29(30)38/h2-11,13,22,27,32-37H,12H2,1H3/t22-,27+,30+,31-/m1/s1. The van der Waals surface area contributed by atoms with Crippen LogP contribution in [-0.2, 0) is 22.5 Å². The Morgan fingerprint density at radius 1 is 0.810 bits per heavy atom. The number of ether oxygens (including phenoxy) is 4. The summed E-state index contributed by atoms with van der Waals surface area (Å²) < 4.78 is 25.2. The van der Waals surface area contributed by atoms with Crippen LogP contribution in [0.5, 0.6) is 46.0 Å². The fraction of sp³-hybridized carbons (Fsp3) is 0.194. The molecule has 0 fully saturated rings. The molecule has 0 saturated heterocycles. The van der Waals surface area contributed by atoms with Crippen molar-refractivity contribution in [3.63, 3.8) is 0 Å². The van der Waals surface area contributed by atoms with Crippen LogP contribution in [0.15, 0.2) is 66.7 Å². The molecule has 0 amide bonds. The number of methoxy groups -OCH3 is 1. The van der Waals surface area contributed by atoms with Crippen molar-refractivity contribution in [3.8, 4) is 46.0 Å². The normalized spacial score (nSPS) is 25.2. The zero-order valence-corrected chi connectivity index (χ0v) is 21.9. The van der Waals surface area contributed by atoms with Crippen LogP contribution in [0.4, 0.5) is 0 Å². The maximum Gasteiger partial charge on any atom is 0.320 e. The smallest absolute Gasteiger partial charge is 0.320 e. The fourth-order valence-electron chi connectivity index (χ4n) is 6.18. The molecule has 0 spiro atoms. The zero-order chi connectivity index (χ0) is 29.6. The number of hydrogen-bond donors (Lipinski definition) is 6. The summed E-state index contributed by atoms with van der Waals surface area (Å²) in [5.74, 6) is -4.41. The highest BCUT2D eigenvalue weighted by Crippen LogP contribution is 2.65. The lowest BCUT2D eigenvalue weighted by atomic mass is 9.73. The van der Waals surface area contributed by atoms with Gasteiger partial charge in [0.2, 0.25) is 11.4 Å². The van der Waals surface area contributed by atoms with E-state index in [1.54, 1.807) is 12.1 Å². The minimum absolute atomic E-state index is 0.00884. The maximum absolute atomic E-state index is 14.6. The molecule has 42 heavy (non-hydrogen) atoms. The van der Waals surface area contributed by atoms with Crippen molar-refractivity contribution in [2.24, 2.45) is 0 Å². The number of aromatic hydroxyl groups is 5. The van der Waals surface area contributed by atoms with Crippen LogP contribution in [0, 0.1) is 0 Å². The third-order valence-corrected chi connectivity index (χ3v) is 8.04. The molecule has 0 saturated carbocycles. The van der Waals surface area contributed by atoms with Gasteiger partial charge in [0.25, 0.3) is 0 Å². The van der Waals surface area contributed by atoms with E-state index in [9.17, 15) is 35.4 Å². The lowest BCUT2D eigenvalue weighted by molar-refractivity contribution is -0.229. The number of ketones is 1. The van der Waals surface area contributed by atoms with E-state index in [0.717, 1.165) is 12.1 Å². The van der Waals surface area contributed by atoms with Crippen molar-refractivity contribution in [1.82, 2.24) is 0 Å². The lowest BCUT2D eigenvalue weighted by Crippen LogP contribution is -2.61. The number of fused-ring (bicyclic) bond motifs is 6. The molecule has 214 valence electrons. The molecule has 3 aliphatic heterocycles. The molecule has 4 aromatic rings. The molecule has 0 aromatic heterocycles. The zero-order valence-electron chi connectivity index (χ0n) is 21.9. The number of phenols is 5. The van der Waals surface area contributed by atoms with Crippen molar-refractivity contribution < 1.29 is 54.4 Å². The van der Waals surface area contributed by atoms with Crippen LogP contribution >= 0.6 is 0 Å². The number of rotatable bonds is 3. The maximum atomic E-state index is 14.6. The Balaban J connectivity index is 1.52. The van der Waals surface area contributed by atoms with Crippen molar-refractivity contribution in [3.05, 3.63) is 94.5 Å². The van der Waals surface area contributed by atoms with Crippen molar-refractivity contribution in [2.45, 2.75) is 30.0 Å². The van der Waals surface area contributed by atoms with Gasteiger partial charge in [-0.05, 0) is 42.0 Å². The minimum Gasteiger partial charge on any atom is -0.508 e. The Labute approximate surface area is 238 Å². The summed E-state index contributed by atoms with van der Waals surface area (Å²) >= 11 is 0. The van der Waals surface area contributed by atoms with Crippen molar-refractivity contribution >= 4 is 5.78 Å². The molecule has 3 aliphatic rings.